The van der Waals surface area contributed by atoms with Gasteiger partial charge in [0.05, 0.1) is 11.0 Å². The van der Waals surface area contributed by atoms with Gasteiger partial charge in [-0.15, -0.1) is 0 Å². The Hall–Kier alpha value is -3.29. The lowest BCUT2D eigenvalue weighted by Crippen LogP contribution is -2.61. The predicted molar refractivity (Wildman–Crippen MR) is 190 cm³/mol. The van der Waals surface area contributed by atoms with Gasteiger partial charge in [-0.2, -0.15) is 13.1 Å². The molecule has 3 aromatic rings. The second-order valence-electron chi connectivity index (χ2n) is 14.7. The standard InChI is InChI=1S/C37H44BrF2N3O6S/c1-36(2,3)49-35(45)41-27-21-28-15-16-29(22-27)43(28)34(44)33(37(39,40)25-11-13-26(38)14-12-25)42(4)50(46,47)32-18-10-23-19-31(17-9-24(23)20-32)48-30-7-5-6-8-30/h9-14,17-20,27-30,33H,5-8,15-16,21-22H2,1-4H3,(H,41,45). The van der Waals surface area contributed by atoms with Crippen LogP contribution in [0.5, 0.6) is 5.75 Å². The summed E-state index contributed by atoms with van der Waals surface area (Å²) >= 11 is 3.27. The predicted octanol–water partition coefficient (Wildman–Crippen LogP) is 7.75. The maximum atomic E-state index is 16.7. The summed E-state index contributed by atoms with van der Waals surface area (Å²) in [7, 11) is -3.56. The molecule has 270 valence electrons. The van der Waals surface area contributed by atoms with Crippen LogP contribution in [0.4, 0.5) is 13.6 Å². The topological polar surface area (TPSA) is 105 Å². The zero-order valence-corrected chi connectivity index (χ0v) is 31.1. The number of amides is 2. The summed E-state index contributed by atoms with van der Waals surface area (Å²) in [6.07, 6.45) is 5.59. The first-order valence-corrected chi connectivity index (χ1v) is 19.4. The molecule has 3 aromatic carbocycles. The van der Waals surface area contributed by atoms with Crippen LogP contribution in [0.15, 0.2) is 70.0 Å². The molecular weight excluding hydrogens is 732 g/mol. The number of ether oxygens (including phenoxy) is 2. The molecule has 1 N–H and O–H groups in total. The van der Waals surface area contributed by atoms with Crippen molar-refractivity contribution in [2.75, 3.05) is 7.05 Å². The van der Waals surface area contributed by atoms with Crippen molar-refractivity contribution in [1.29, 1.82) is 0 Å². The lowest BCUT2D eigenvalue weighted by molar-refractivity contribution is -0.155. The molecule has 2 bridgehead atoms. The van der Waals surface area contributed by atoms with Crippen molar-refractivity contribution in [3.63, 3.8) is 0 Å². The third-order valence-electron chi connectivity index (χ3n) is 9.94. The molecule has 2 aliphatic heterocycles. The van der Waals surface area contributed by atoms with Crippen LogP contribution in [0.1, 0.15) is 77.7 Å². The molecule has 3 atom stereocenters. The molecule has 13 heteroatoms. The van der Waals surface area contributed by atoms with E-state index in [1.807, 2.05) is 6.07 Å². The third-order valence-corrected chi connectivity index (χ3v) is 12.3. The maximum Gasteiger partial charge on any atom is 0.407 e. The van der Waals surface area contributed by atoms with Crippen LogP contribution in [0, 0.1) is 0 Å². The number of sulfonamides is 1. The fourth-order valence-electron chi connectivity index (χ4n) is 7.58. The average molecular weight is 777 g/mol. The smallest absolute Gasteiger partial charge is 0.407 e. The van der Waals surface area contributed by atoms with Gasteiger partial charge in [-0.3, -0.25) is 4.79 Å². The van der Waals surface area contributed by atoms with E-state index in [2.05, 4.69) is 21.2 Å². The van der Waals surface area contributed by atoms with E-state index < -0.39 is 57.2 Å². The summed E-state index contributed by atoms with van der Waals surface area (Å²) in [6, 6.07) is 11.5. The number of hydrogen-bond donors (Lipinski definition) is 1. The number of alkyl carbamates (subject to hydrolysis) is 1. The van der Waals surface area contributed by atoms with Crippen LogP contribution in [0.25, 0.3) is 10.8 Å². The highest BCUT2D eigenvalue weighted by Crippen LogP contribution is 2.43. The van der Waals surface area contributed by atoms with E-state index in [0.717, 1.165) is 38.1 Å². The van der Waals surface area contributed by atoms with Gasteiger partial charge in [-0.1, -0.05) is 40.2 Å². The second kappa shape index (κ2) is 14.0. The minimum atomic E-state index is -4.61. The maximum absolute atomic E-state index is 16.7. The molecule has 3 fully saturated rings. The number of carbonyl (C=O) groups excluding carboxylic acids is 2. The fourth-order valence-corrected chi connectivity index (χ4v) is 9.19. The van der Waals surface area contributed by atoms with E-state index >= 15 is 8.78 Å². The Bertz CT molecular complexity index is 1830. The summed E-state index contributed by atoms with van der Waals surface area (Å²) in [6.45, 7) is 5.28. The number of likely N-dealkylation sites (N-methyl/N-ethyl adjacent to an activating group) is 1. The van der Waals surface area contributed by atoms with Crippen LogP contribution >= 0.6 is 15.9 Å². The number of rotatable bonds is 9. The SMILES string of the molecule is CN(C(C(=O)N1C2CCC1CC(NC(=O)OC(C)(C)C)C2)C(F)(F)c1ccc(Br)cc1)S(=O)(=O)c1ccc2cc(OC3CCCC3)ccc2c1. The molecule has 0 spiro atoms. The molecule has 1 saturated carbocycles. The van der Waals surface area contributed by atoms with Gasteiger partial charge in [-0.05, 0) is 119 Å². The third kappa shape index (κ3) is 7.64. The first-order chi connectivity index (χ1) is 23.5. The van der Waals surface area contributed by atoms with E-state index in [1.165, 1.54) is 41.3 Å². The lowest BCUT2D eigenvalue weighted by Gasteiger charge is -2.43. The van der Waals surface area contributed by atoms with E-state index in [0.29, 0.717) is 45.6 Å². The monoisotopic (exact) mass is 775 g/mol. The molecule has 2 heterocycles. The highest BCUT2D eigenvalue weighted by atomic mass is 79.9. The Morgan fingerprint density at radius 3 is 2.14 bits per heavy atom. The summed E-state index contributed by atoms with van der Waals surface area (Å²) < 4.78 is 74.5. The largest absolute Gasteiger partial charge is 0.490 e. The summed E-state index contributed by atoms with van der Waals surface area (Å²) in [5.74, 6) is -4.17. The summed E-state index contributed by atoms with van der Waals surface area (Å²) in [5, 5.41) is 4.21. The number of piperidine rings is 1. The number of nitrogens with one attached hydrogen (secondary N) is 1. The Morgan fingerprint density at radius 1 is 0.920 bits per heavy atom. The summed E-state index contributed by atoms with van der Waals surface area (Å²) in [4.78, 5) is 28.2. The first kappa shape index (κ1) is 36.5. The van der Waals surface area contributed by atoms with Gasteiger partial charge < -0.3 is 19.7 Å². The van der Waals surface area contributed by atoms with Crippen LogP contribution in [-0.4, -0.2) is 72.5 Å². The van der Waals surface area contributed by atoms with Gasteiger partial charge in [0.2, 0.25) is 15.9 Å². The van der Waals surface area contributed by atoms with Gasteiger partial charge in [-0.25, -0.2) is 13.2 Å². The van der Waals surface area contributed by atoms with Crippen molar-refractivity contribution < 1.29 is 36.3 Å². The van der Waals surface area contributed by atoms with E-state index in [4.69, 9.17) is 9.47 Å². The molecular formula is C37H44BrF2N3O6S. The highest BCUT2D eigenvalue weighted by Gasteiger charge is 2.56. The highest BCUT2D eigenvalue weighted by molar-refractivity contribution is 9.10. The Morgan fingerprint density at radius 2 is 1.52 bits per heavy atom. The lowest BCUT2D eigenvalue weighted by atomic mass is 9.94. The number of carbonyl (C=O) groups is 2. The average Bonchev–Trinajstić information content (AvgIpc) is 3.65. The number of halogens is 3. The minimum absolute atomic E-state index is 0.157. The molecule has 0 aromatic heterocycles. The van der Waals surface area contributed by atoms with Gasteiger partial charge in [0, 0.05) is 35.2 Å². The van der Waals surface area contributed by atoms with Crippen LogP contribution in [-0.2, 0) is 25.5 Å². The molecule has 0 radical (unpaired) electrons. The Balaban J connectivity index is 1.29. The number of hydrogen-bond acceptors (Lipinski definition) is 6. The van der Waals surface area contributed by atoms with E-state index in [-0.39, 0.29) is 17.0 Å². The minimum Gasteiger partial charge on any atom is -0.490 e. The van der Waals surface area contributed by atoms with Gasteiger partial charge in [0.1, 0.15) is 11.4 Å². The van der Waals surface area contributed by atoms with Gasteiger partial charge in [0.15, 0.2) is 6.04 Å². The second-order valence-corrected chi connectivity index (χ2v) is 17.6. The van der Waals surface area contributed by atoms with Gasteiger partial charge >= 0.3 is 6.09 Å². The molecule has 50 heavy (non-hydrogen) atoms. The molecule has 2 amide bonds. The van der Waals surface area contributed by atoms with E-state index in [1.54, 1.807) is 39.0 Å². The molecule has 3 aliphatic rings. The van der Waals surface area contributed by atoms with Crippen molar-refractivity contribution in [3.05, 3.63) is 70.7 Å². The van der Waals surface area contributed by atoms with Crippen molar-refractivity contribution in [2.24, 2.45) is 0 Å². The fraction of sp³-hybridized carbons (Fsp3) is 0.514. The molecule has 2 saturated heterocycles. The number of nitrogens with zero attached hydrogens (tertiary/aromatic N) is 2. The zero-order valence-electron chi connectivity index (χ0n) is 28.7. The number of alkyl halides is 2. The van der Waals surface area contributed by atoms with Gasteiger partial charge in [0.25, 0.3) is 5.92 Å². The summed E-state index contributed by atoms with van der Waals surface area (Å²) in [5.41, 5.74) is -1.18. The van der Waals surface area contributed by atoms with Crippen molar-refractivity contribution in [3.8, 4) is 5.75 Å². The van der Waals surface area contributed by atoms with E-state index in [9.17, 15) is 18.0 Å². The Labute approximate surface area is 300 Å². The van der Waals surface area contributed by atoms with Crippen LogP contribution < -0.4 is 10.1 Å². The van der Waals surface area contributed by atoms with Crippen molar-refractivity contribution in [2.45, 2.75) is 119 Å². The van der Waals surface area contributed by atoms with Crippen LogP contribution in [0.2, 0.25) is 0 Å². The molecule has 3 unspecified atom stereocenters. The number of fused-ring (bicyclic) bond motifs is 3. The molecule has 9 nitrogen and oxygen atoms in total. The first-order valence-electron chi connectivity index (χ1n) is 17.2. The zero-order chi connectivity index (χ0) is 36.0. The normalized spacial score (nSPS) is 22.2. The quantitative estimate of drug-likeness (QED) is 0.239. The van der Waals surface area contributed by atoms with Crippen LogP contribution in [0.3, 0.4) is 0 Å². The van der Waals surface area contributed by atoms with Crippen molar-refractivity contribution >= 4 is 48.7 Å². The van der Waals surface area contributed by atoms with Crippen molar-refractivity contribution in [1.82, 2.24) is 14.5 Å². The molecule has 6 rings (SSSR count). The molecule has 1 aliphatic carbocycles. The number of benzene rings is 3. The Kier molecular flexibility index (Phi) is 10.2.